The molecule has 130 valence electrons. The summed E-state index contributed by atoms with van der Waals surface area (Å²) in [6.45, 7) is 3.92. The minimum Gasteiger partial charge on any atom is -0.452 e. The average Bonchev–Trinajstić information content (AvgIpc) is 2.58. The summed E-state index contributed by atoms with van der Waals surface area (Å²) in [6.07, 6.45) is 2.98. The number of ether oxygens (including phenoxy) is 1. The highest BCUT2D eigenvalue weighted by atomic mass is 79.9. The molecule has 2 aromatic rings. The first-order valence-electron chi connectivity index (χ1n) is 7.94. The van der Waals surface area contributed by atoms with Crippen LogP contribution in [-0.2, 0) is 14.3 Å². The Hall–Kier alpha value is -2.40. The first-order chi connectivity index (χ1) is 11.9. The first kappa shape index (κ1) is 18.9. The SMILES string of the molecule is CC(C)c1ccc(/C=C/C(=O)OCC(=O)Nc2cccc(Br)c2)cc1. The first-order valence-corrected chi connectivity index (χ1v) is 8.73. The normalized spacial score (nSPS) is 10.9. The Morgan fingerprint density at radius 3 is 2.52 bits per heavy atom. The number of hydrogen-bond acceptors (Lipinski definition) is 3. The van der Waals surface area contributed by atoms with Crippen LogP contribution in [0.1, 0.15) is 30.9 Å². The maximum absolute atomic E-state index is 11.8. The number of benzene rings is 2. The lowest BCUT2D eigenvalue weighted by molar-refractivity contribution is -0.142. The third-order valence-corrected chi connectivity index (χ3v) is 3.96. The van der Waals surface area contributed by atoms with E-state index in [0.29, 0.717) is 11.6 Å². The molecule has 0 atom stereocenters. The van der Waals surface area contributed by atoms with E-state index in [1.165, 1.54) is 11.6 Å². The Bertz CT molecular complexity index is 767. The Labute approximate surface area is 156 Å². The lowest BCUT2D eigenvalue weighted by atomic mass is 10.0. The van der Waals surface area contributed by atoms with Crippen molar-refractivity contribution in [3.8, 4) is 0 Å². The van der Waals surface area contributed by atoms with E-state index >= 15 is 0 Å². The van der Waals surface area contributed by atoms with Gasteiger partial charge in [0.15, 0.2) is 6.61 Å². The smallest absolute Gasteiger partial charge is 0.331 e. The van der Waals surface area contributed by atoms with Crippen LogP contribution in [0.25, 0.3) is 6.08 Å². The molecule has 0 heterocycles. The van der Waals surface area contributed by atoms with Gasteiger partial charge in [0.25, 0.3) is 5.91 Å². The van der Waals surface area contributed by atoms with E-state index in [9.17, 15) is 9.59 Å². The van der Waals surface area contributed by atoms with Crippen molar-refractivity contribution in [2.45, 2.75) is 19.8 Å². The molecule has 2 aromatic carbocycles. The molecular formula is C20H20BrNO3. The van der Waals surface area contributed by atoms with Crippen molar-refractivity contribution in [1.29, 1.82) is 0 Å². The number of halogens is 1. The van der Waals surface area contributed by atoms with E-state index in [-0.39, 0.29) is 12.5 Å². The van der Waals surface area contributed by atoms with E-state index in [2.05, 4.69) is 35.1 Å². The highest BCUT2D eigenvalue weighted by molar-refractivity contribution is 9.10. The molecule has 5 heteroatoms. The second-order valence-electron chi connectivity index (χ2n) is 5.82. The van der Waals surface area contributed by atoms with Gasteiger partial charge in [0.1, 0.15) is 0 Å². The summed E-state index contributed by atoms with van der Waals surface area (Å²) in [5.41, 5.74) is 2.78. The fourth-order valence-electron chi connectivity index (χ4n) is 2.10. The molecule has 0 bridgehead atoms. The van der Waals surface area contributed by atoms with Gasteiger partial charge in [0.05, 0.1) is 0 Å². The number of hydrogen-bond donors (Lipinski definition) is 1. The molecule has 2 rings (SSSR count). The van der Waals surface area contributed by atoms with Crippen molar-refractivity contribution in [3.63, 3.8) is 0 Å². The molecular weight excluding hydrogens is 382 g/mol. The van der Waals surface area contributed by atoms with Crippen molar-refractivity contribution in [2.75, 3.05) is 11.9 Å². The summed E-state index contributed by atoms with van der Waals surface area (Å²) >= 11 is 3.32. The van der Waals surface area contributed by atoms with Gasteiger partial charge in [-0.25, -0.2) is 4.79 Å². The van der Waals surface area contributed by atoms with Crippen molar-refractivity contribution >= 4 is 39.6 Å². The lowest BCUT2D eigenvalue weighted by Gasteiger charge is -2.06. The molecule has 0 aliphatic carbocycles. The Morgan fingerprint density at radius 1 is 1.16 bits per heavy atom. The number of carbonyl (C=O) groups excluding carboxylic acids is 2. The van der Waals surface area contributed by atoms with Crippen LogP contribution in [-0.4, -0.2) is 18.5 Å². The van der Waals surface area contributed by atoms with Crippen LogP contribution in [0.2, 0.25) is 0 Å². The Balaban J connectivity index is 1.80. The molecule has 1 amide bonds. The quantitative estimate of drug-likeness (QED) is 0.560. The van der Waals surface area contributed by atoms with Crippen molar-refractivity contribution in [3.05, 3.63) is 70.2 Å². The van der Waals surface area contributed by atoms with Gasteiger partial charge >= 0.3 is 5.97 Å². The van der Waals surface area contributed by atoms with Gasteiger partial charge in [0.2, 0.25) is 0 Å². The predicted molar refractivity (Wildman–Crippen MR) is 103 cm³/mol. The fraction of sp³-hybridized carbons (Fsp3) is 0.200. The maximum atomic E-state index is 11.8. The molecule has 0 aliphatic rings. The molecule has 0 aromatic heterocycles. The molecule has 0 fully saturated rings. The second kappa shape index (κ2) is 9.18. The van der Waals surface area contributed by atoms with Crippen LogP contribution in [0, 0.1) is 0 Å². The summed E-state index contributed by atoms with van der Waals surface area (Å²) in [5.74, 6) is -0.481. The summed E-state index contributed by atoms with van der Waals surface area (Å²) in [6, 6.07) is 15.1. The van der Waals surface area contributed by atoms with Gasteiger partial charge in [-0.15, -0.1) is 0 Å². The molecule has 0 aliphatic heterocycles. The van der Waals surface area contributed by atoms with Gasteiger partial charge in [-0.2, -0.15) is 0 Å². The molecule has 0 unspecified atom stereocenters. The van der Waals surface area contributed by atoms with E-state index in [1.807, 2.05) is 30.3 Å². The van der Waals surface area contributed by atoms with E-state index < -0.39 is 5.97 Å². The van der Waals surface area contributed by atoms with E-state index in [4.69, 9.17) is 4.74 Å². The minimum absolute atomic E-state index is 0.331. The summed E-state index contributed by atoms with van der Waals surface area (Å²) in [7, 11) is 0. The third-order valence-electron chi connectivity index (χ3n) is 3.47. The number of carbonyl (C=O) groups is 2. The largest absolute Gasteiger partial charge is 0.452 e. The van der Waals surface area contributed by atoms with Crippen LogP contribution in [0.3, 0.4) is 0 Å². The molecule has 1 N–H and O–H groups in total. The zero-order valence-electron chi connectivity index (χ0n) is 14.2. The predicted octanol–water partition coefficient (Wildman–Crippen LogP) is 4.77. The molecule has 25 heavy (non-hydrogen) atoms. The van der Waals surface area contributed by atoms with E-state index in [0.717, 1.165) is 10.0 Å². The van der Waals surface area contributed by atoms with Crippen molar-refractivity contribution < 1.29 is 14.3 Å². The average molecular weight is 402 g/mol. The summed E-state index contributed by atoms with van der Waals surface area (Å²) in [5, 5.41) is 2.66. The van der Waals surface area contributed by atoms with Crippen LogP contribution < -0.4 is 5.32 Å². The fourth-order valence-corrected chi connectivity index (χ4v) is 2.50. The minimum atomic E-state index is -0.558. The maximum Gasteiger partial charge on any atom is 0.331 e. The van der Waals surface area contributed by atoms with Gasteiger partial charge in [0, 0.05) is 16.2 Å². The Morgan fingerprint density at radius 2 is 1.88 bits per heavy atom. The van der Waals surface area contributed by atoms with Gasteiger partial charge < -0.3 is 10.1 Å². The molecule has 0 spiro atoms. The van der Waals surface area contributed by atoms with Crippen molar-refractivity contribution in [1.82, 2.24) is 0 Å². The molecule has 0 radical (unpaired) electrons. The van der Waals surface area contributed by atoms with Gasteiger partial charge in [-0.05, 0) is 41.3 Å². The van der Waals surface area contributed by atoms with Crippen molar-refractivity contribution in [2.24, 2.45) is 0 Å². The Kier molecular flexibility index (Phi) is 6.95. The molecule has 0 saturated carbocycles. The second-order valence-corrected chi connectivity index (χ2v) is 6.74. The number of anilines is 1. The van der Waals surface area contributed by atoms with Gasteiger partial charge in [-0.3, -0.25) is 4.79 Å². The number of amides is 1. The lowest BCUT2D eigenvalue weighted by Crippen LogP contribution is -2.20. The number of nitrogens with one attached hydrogen (secondary N) is 1. The highest BCUT2D eigenvalue weighted by Gasteiger charge is 2.06. The van der Waals surface area contributed by atoms with Crippen LogP contribution in [0.15, 0.2) is 59.1 Å². The standard InChI is InChI=1S/C20H20BrNO3/c1-14(2)16-9-6-15(7-10-16)8-11-20(24)25-13-19(23)22-18-5-3-4-17(21)12-18/h3-12,14H,13H2,1-2H3,(H,22,23)/b11-8+. The van der Waals surface area contributed by atoms with E-state index in [1.54, 1.807) is 24.3 Å². The zero-order valence-corrected chi connectivity index (χ0v) is 15.7. The monoisotopic (exact) mass is 401 g/mol. The zero-order chi connectivity index (χ0) is 18.2. The molecule has 4 nitrogen and oxygen atoms in total. The van der Waals surface area contributed by atoms with Crippen LogP contribution >= 0.6 is 15.9 Å². The summed E-state index contributed by atoms with van der Waals surface area (Å²) < 4.78 is 5.80. The van der Waals surface area contributed by atoms with Crippen LogP contribution in [0.5, 0.6) is 0 Å². The van der Waals surface area contributed by atoms with Gasteiger partial charge in [-0.1, -0.05) is 60.1 Å². The topological polar surface area (TPSA) is 55.4 Å². The number of rotatable bonds is 6. The third kappa shape index (κ3) is 6.55. The molecule has 0 saturated heterocycles. The highest BCUT2D eigenvalue weighted by Crippen LogP contribution is 2.16. The van der Waals surface area contributed by atoms with Crippen LogP contribution in [0.4, 0.5) is 5.69 Å². The summed E-state index contributed by atoms with van der Waals surface area (Å²) in [4.78, 5) is 23.5. The number of esters is 1.